The molecule has 9 atom stereocenters. The number of hydrogen-bond donors (Lipinski definition) is 8. The summed E-state index contributed by atoms with van der Waals surface area (Å²) in [5.74, 6) is -1.29. The molecular weight excluding hydrogens is 922 g/mol. The zero-order valence-electron chi connectivity index (χ0n) is 40.9. The van der Waals surface area contributed by atoms with E-state index in [1.54, 1.807) is 0 Å². The topological polar surface area (TPSA) is 276 Å². The van der Waals surface area contributed by atoms with Crippen molar-refractivity contribution in [1.82, 2.24) is 0 Å². The van der Waals surface area contributed by atoms with Crippen molar-refractivity contribution < 1.29 is 82.0 Å². The number of esters is 2. The molecule has 0 aromatic rings. The van der Waals surface area contributed by atoms with Crippen molar-refractivity contribution >= 4 is 27.6 Å². The Hall–Kier alpha value is -2.08. The molecule has 5 unspecified atom stereocenters. The van der Waals surface area contributed by atoms with Crippen molar-refractivity contribution in [3.05, 3.63) is 48.6 Å². The number of aliphatic hydroxyl groups is 5. The Morgan fingerprint density at radius 3 is 1.50 bits per heavy atom. The molecule has 17 nitrogen and oxygen atoms in total. The van der Waals surface area contributed by atoms with Gasteiger partial charge in [-0.05, 0) is 44.9 Å². The average molecular weight is 1010 g/mol. The Morgan fingerprint density at radius 1 is 0.529 bits per heavy atom. The number of phosphoric acid groups is 2. The zero-order valence-corrected chi connectivity index (χ0v) is 42.7. The molecule has 0 aromatic carbocycles. The summed E-state index contributed by atoms with van der Waals surface area (Å²) < 4.78 is 49.4. The van der Waals surface area contributed by atoms with Gasteiger partial charge in [-0.15, -0.1) is 0 Å². The summed E-state index contributed by atoms with van der Waals surface area (Å²) in [6.07, 6.45) is 26.8. The van der Waals surface area contributed by atoms with E-state index in [1.807, 2.05) is 42.5 Å². The molecule has 396 valence electrons. The molecule has 19 heteroatoms. The van der Waals surface area contributed by atoms with E-state index in [0.29, 0.717) is 19.3 Å². The molecule has 0 aliphatic heterocycles. The van der Waals surface area contributed by atoms with Crippen LogP contribution in [0.15, 0.2) is 48.6 Å². The molecule has 1 rings (SSSR count). The lowest BCUT2D eigenvalue weighted by Gasteiger charge is -2.43. The highest BCUT2D eigenvalue weighted by molar-refractivity contribution is 7.47. The maximum Gasteiger partial charge on any atom is 0.472 e. The van der Waals surface area contributed by atoms with Gasteiger partial charge in [0.05, 0.1) is 12.7 Å². The first-order valence-electron chi connectivity index (χ1n) is 25.3. The first-order valence-corrected chi connectivity index (χ1v) is 28.3. The minimum atomic E-state index is -5.38. The number of carbonyl (C=O) groups excluding carboxylic acids is 2. The molecule has 0 bridgehead atoms. The molecular formula is C49H88O17P2. The van der Waals surface area contributed by atoms with Crippen molar-refractivity contribution in [2.24, 2.45) is 0 Å². The molecule has 68 heavy (non-hydrogen) atoms. The monoisotopic (exact) mass is 1010 g/mol. The van der Waals surface area contributed by atoms with Crippen molar-refractivity contribution in [1.29, 1.82) is 0 Å². The maximum absolute atomic E-state index is 13.0. The van der Waals surface area contributed by atoms with Crippen LogP contribution in [0.2, 0.25) is 0 Å². The Kier molecular flexibility index (Phi) is 37.2. The van der Waals surface area contributed by atoms with E-state index in [4.69, 9.17) is 18.5 Å². The molecule has 1 aliphatic carbocycles. The van der Waals surface area contributed by atoms with Gasteiger partial charge in [-0.2, -0.15) is 0 Å². The Morgan fingerprint density at radius 2 is 0.985 bits per heavy atom. The van der Waals surface area contributed by atoms with E-state index in [-0.39, 0.29) is 18.9 Å². The predicted molar refractivity (Wildman–Crippen MR) is 261 cm³/mol. The van der Waals surface area contributed by atoms with Crippen molar-refractivity contribution in [3.63, 3.8) is 0 Å². The molecule has 0 saturated heterocycles. The first kappa shape index (κ1) is 63.9. The van der Waals surface area contributed by atoms with Gasteiger partial charge in [0, 0.05) is 12.8 Å². The fourth-order valence-electron chi connectivity index (χ4n) is 7.51. The van der Waals surface area contributed by atoms with E-state index < -0.39 is 83.5 Å². The van der Waals surface area contributed by atoms with Crippen molar-refractivity contribution in [3.8, 4) is 0 Å². The lowest BCUT2D eigenvalue weighted by Crippen LogP contribution is -2.64. The molecule has 0 amide bonds. The number of carbonyl (C=O) groups is 2. The maximum atomic E-state index is 13.0. The number of ether oxygens (including phenoxy) is 2. The van der Waals surface area contributed by atoms with Crippen LogP contribution in [-0.4, -0.2) is 114 Å². The smallest absolute Gasteiger partial charge is 0.462 e. The average Bonchev–Trinajstić information content (AvgIpc) is 3.29. The van der Waals surface area contributed by atoms with E-state index in [0.717, 1.165) is 64.2 Å². The SMILES string of the molecule is CCCCCCCCCCCCCCCCCCCC(=O)O[C@H](COC(=O)CCC/C=C\C/C=C\C/C=C\C/C=C\[C@@H](O)CCCC)COP(=O)(O)O[C@H]1C(O)C(O)C(O)[C@@H](OP(=O)(O)O)C1O. The van der Waals surface area contributed by atoms with E-state index >= 15 is 0 Å². The van der Waals surface area contributed by atoms with Gasteiger partial charge in [-0.25, -0.2) is 9.13 Å². The van der Waals surface area contributed by atoms with Crippen LogP contribution in [0.4, 0.5) is 0 Å². The minimum Gasteiger partial charge on any atom is -0.462 e. The van der Waals surface area contributed by atoms with Crippen LogP contribution in [0.1, 0.15) is 187 Å². The van der Waals surface area contributed by atoms with E-state index in [9.17, 15) is 58.9 Å². The molecule has 0 radical (unpaired) electrons. The molecule has 0 heterocycles. The minimum absolute atomic E-state index is 0.0266. The van der Waals surface area contributed by atoms with Crippen molar-refractivity contribution in [2.45, 2.75) is 236 Å². The molecule has 1 fully saturated rings. The fraction of sp³-hybridized carbons (Fsp3) is 0.796. The van der Waals surface area contributed by atoms with E-state index in [2.05, 4.69) is 24.4 Å². The fourth-order valence-corrected chi connectivity index (χ4v) is 9.05. The third-order valence-corrected chi connectivity index (χ3v) is 13.0. The summed E-state index contributed by atoms with van der Waals surface area (Å²) in [6, 6.07) is 0. The zero-order chi connectivity index (χ0) is 50.5. The van der Waals surface area contributed by atoms with Crippen LogP contribution >= 0.6 is 15.6 Å². The van der Waals surface area contributed by atoms with Crippen LogP contribution in [0, 0.1) is 0 Å². The standard InChI is InChI=1S/C49H88O17P2/c1-3-5-7-8-9-10-11-12-13-14-15-16-21-24-27-30-33-37-43(52)64-41(39-63-68(60,61)66-49-46(55)44(53)45(54)48(47(49)56)65-67(57,58)59)38-62-42(51)36-32-29-26-23-20-18-17-19-22-25-28-31-35-40(50)34-6-4-2/h17-18,22-23,25-26,31,35,40-41,44-50,53-56H,3-16,19-21,24,27-30,32-34,36-39H2,1-2H3,(H,60,61)(H2,57,58,59)/b18-17-,25-22-,26-23-,35-31-/t40-,41+,44?,45?,46?,47?,48+,49-/m0/s1. The lowest BCUT2D eigenvalue weighted by atomic mass is 9.85. The van der Waals surface area contributed by atoms with Crippen LogP contribution < -0.4 is 0 Å². The first-order chi connectivity index (χ1) is 32.5. The number of rotatable bonds is 42. The lowest BCUT2D eigenvalue weighted by molar-refractivity contribution is -0.216. The van der Waals surface area contributed by atoms with Crippen molar-refractivity contribution in [2.75, 3.05) is 13.2 Å². The summed E-state index contributed by atoms with van der Waals surface area (Å²) in [5, 5.41) is 51.1. The number of allylic oxidation sites excluding steroid dienone is 7. The molecule has 8 N–H and O–H groups in total. The van der Waals surface area contributed by atoms with Gasteiger partial charge in [-0.1, -0.05) is 178 Å². The highest BCUT2D eigenvalue weighted by Gasteiger charge is 2.54. The second-order valence-electron chi connectivity index (χ2n) is 17.7. The summed E-state index contributed by atoms with van der Waals surface area (Å²) in [6.45, 7) is 2.93. The Labute approximate surface area is 406 Å². The molecule has 0 aromatic heterocycles. The quantitative estimate of drug-likeness (QED) is 0.0123. The number of aliphatic hydroxyl groups excluding tert-OH is 5. The third-order valence-electron chi connectivity index (χ3n) is 11.5. The summed E-state index contributed by atoms with van der Waals surface area (Å²) >= 11 is 0. The van der Waals surface area contributed by atoms with Gasteiger partial charge >= 0.3 is 27.6 Å². The predicted octanol–water partition coefficient (Wildman–Crippen LogP) is 9.04. The van der Waals surface area contributed by atoms with E-state index in [1.165, 1.54) is 77.0 Å². The van der Waals surface area contributed by atoms with Crippen LogP contribution in [-0.2, 0) is 41.8 Å². The molecule has 1 aliphatic rings. The van der Waals surface area contributed by atoms with Gasteiger partial charge < -0.3 is 49.7 Å². The van der Waals surface area contributed by atoms with Crippen LogP contribution in [0.3, 0.4) is 0 Å². The summed E-state index contributed by atoms with van der Waals surface area (Å²) in [7, 11) is -10.7. The second-order valence-corrected chi connectivity index (χ2v) is 20.3. The van der Waals surface area contributed by atoms with Gasteiger partial charge in [0.2, 0.25) is 0 Å². The van der Waals surface area contributed by atoms with Gasteiger partial charge in [0.15, 0.2) is 6.10 Å². The summed E-state index contributed by atoms with van der Waals surface area (Å²) in [5.41, 5.74) is 0. The normalized spacial score (nSPS) is 22.1. The highest BCUT2D eigenvalue weighted by Crippen LogP contribution is 2.49. The summed E-state index contributed by atoms with van der Waals surface area (Å²) in [4.78, 5) is 54.3. The number of hydrogen-bond acceptors (Lipinski definition) is 14. The Balaban J connectivity index is 2.60. The second kappa shape index (κ2) is 39.5. The highest BCUT2D eigenvalue weighted by atomic mass is 31.2. The number of unbranched alkanes of at least 4 members (excludes halogenated alkanes) is 18. The third kappa shape index (κ3) is 33.5. The van der Waals surface area contributed by atoms with Gasteiger partial charge in [-0.3, -0.25) is 23.2 Å². The van der Waals surface area contributed by atoms with Crippen LogP contribution in [0.25, 0.3) is 0 Å². The molecule has 1 saturated carbocycles. The van der Waals surface area contributed by atoms with Gasteiger partial charge in [0.25, 0.3) is 0 Å². The van der Waals surface area contributed by atoms with Crippen LogP contribution in [0.5, 0.6) is 0 Å². The molecule has 0 spiro atoms. The number of phosphoric ester groups is 2. The van der Waals surface area contributed by atoms with Gasteiger partial charge in [0.1, 0.15) is 43.2 Å². The largest absolute Gasteiger partial charge is 0.472 e. The Bertz CT molecular complexity index is 1520.